The van der Waals surface area contributed by atoms with Gasteiger partial charge in [0, 0.05) is 18.3 Å². The van der Waals surface area contributed by atoms with Crippen LogP contribution in [0, 0.1) is 0 Å². The van der Waals surface area contributed by atoms with Crippen molar-refractivity contribution in [3.05, 3.63) is 40.3 Å². The van der Waals surface area contributed by atoms with E-state index in [4.69, 9.17) is 9.47 Å². The molecule has 0 spiro atoms. The minimum absolute atomic E-state index is 0.523. The number of thiazole rings is 1. The lowest BCUT2D eigenvalue weighted by Crippen LogP contribution is -2.15. The summed E-state index contributed by atoms with van der Waals surface area (Å²) < 4.78 is 11.7. The number of aromatic nitrogens is 1. The fourth-order valence-electron chi connectivity index (χ4n) is 1.99. The van der Waals surface area contributed by atoms with E-state index in [-0.39, 0.29) is 0 Å². The van der Waals surface area contributed by atoms with Crippen LogP contribution >= 0.6 is 11.3 Å². The molecule has 0 bridgehead atoms. The Balaban J connectivity index is 2.12. The Morgan fingerprint density at radius 1 is 1.24 bits per heavy atom. The van der Waals surface area contributed by atoms with Crippen molar-refractivity contribution in [1.29, 1.82) is 0 Å². The molecule has 1 aromatic carbocycles. The minimum Gasteiger partial charge on any atom is -0.490 e. The minimum atomic E-state index is 0.523. The van der Waals surface area contributed by atoms with Crippen LogP contribution in [0.15, 0.2) is 29.9 Å². The van der Waals surface area contributed by atoms with Crippen LogP contribution in [0.3, 0.4) is 0 Å². The number of rotatable bonds is 9. The molecule has 21 heavy (non-hydrogen) atoms. The number of hydrogen-bond donors (Lipinski definition) is 1. The fraction of sp³-hybridized carbons (Fsp3) is 0.438. The zero-order valence-corrected chi connectivity index (χ0v) is 13.4. The molecule has 0 fully saturated rings. The van der Waals surface area contributed by atoms with E-state index in [1.807, 2.05) is 30.8 Å². The zero-order chi connectivity index (χ0) is 14.9. The summed E-state index contributed by atoms with van der Waals surface area (Å²) in [6.45, 7) is 7.07. The van der Waals surface area contributed by atoms with Gasteiger partial charge in [0.2, 0.25) is 0 Å². The van der Waals surface area contributed by atoms with Crippen LogP contribution in [0.1, 0.15) is 30.7 Å². The summed E-state index contributed by atoms with van der Waals surface area (Å²) in [7, 11) is 0. The Labute approximate surface area is 130 Å². The lowest BCUT2D eigenvalue weighted by atomic mass is 10.2. The number of nitrogens with zero attached hydrogens (tertiary/aromatic N) is 1. The van der Waals surface area contributed by atoms with Gasteiger partial charge in [-0.1, -0.05) is 19.1 Å². The largest absolute Gasteiger partial charge is 0.490 e. The third-order valence-electron chi connectivity index (χ3n) is 2.94. The zero-order valence-electron chi connectivity index (χ0n) is 12.6. The fourth-order valence-corrected chi connectivity index (χ4v) is 2.50. The standard InChI is InChI=1S/C16H22N2O2S/c1-3-8-17-9-13-6-5-7-15(19-4-2)16(13)20-11-14-10-18-12-21-14/h5-7,10,12,17H,3-4,8-9,11H2,1-2H3. The Kier molecular flexibility index (Phi) is 6.50. The maximum atomic E-state index is 6.00. The Morgan fingerprint density at radius 2 is 2.14 bits per heavy atom. The second-order valence-corrected chi connectivity index (χ2v) is 5.58. The number of para-hydroxylation sites is 1. The highest BCUT2D eigenvalue weighted by Crippen LogP contribution is 2.32. The first-order chi connectivity index (χ1) is 10.3. The average molecular weight is 306 g/mol. The van der Waals surface area contributed by atoms with Gasteiger partial charge in [0.1, 0.15) is 6.61 Å². The molecule has 0 saturated heterocycles. The summed E-state index contributed by atoms with van der Waals surface area (Å²) >= 11 is 1.60. The first-order valence-electron chi connectivity index (χ1n) is 7.30. The quantitative estimate of drug-likeness (QED) is 0.719. The van der Waals surface area contributed by atoms with E-state index in [0.717, 1.165) is 41.4 Å². The molecule has 4 nitrogen and oxygen atoms in total. The van der Waals surface area contributed by atoms with Gasteiger partial charge in [0.25, 0.3) is 0 Å². The number of benzene rings is 1. The topological polar surface area (TPSA) is 43.4 Å². The second kappa shape index (κ2) is 8.64. The van der Waals surface area contributed by atoms with Gasteiger partial charge in [-0.05, 0) is 26.0 Å². The summed E-state index contributed by atoms with van der Waals surface area (Å²) in [4.78, 5) is 5.18. The van der Waals surface area contributed by atoms with Crippen molar-refractivity contribution in [2.75, 3.05) is 13.2 Å². The maximum Gasteiger partial charge on any atom is 0.166 e. The number of ether oxygens (including phenoxy) is 2. The number of hydrogen-bond acceptors (Lipinski definition) is 5. The van der Waals surface area contributed by atoms with E-state index in [9.17, 15) is 0 Å². The van der Waals surface area contributed by atoms with Crippen molar-refractivity contribution < 1.29 is 9.47 Å². The lowest BCUT2D eigenvalue weighted by Gasteiger charge is -2.16. The number of nitrogens with one attached hydrogen (secondary N) is 1. The molecule has 0 aliphatic rings. The van der Waals surface area contributed by atoms with E-state index in [0.29, 0.717) is 13.2 Å². The molecule has 114 valence electrons. The molecule has 0 aliphatic carbocycles. The van der Waals surface area contributed by atoms with Crippen LogP contribution in [0.2, 0.25) is 0 Å². The Hall–Kier alpha value is -1.59. The summed E-state index contributed by atoms with van der Waals surface area (Å²) in [6, 6.07) is 6.04. The predicted molar refractivity (Wildman–Crippen MR) is 86.1 cm³/mol. The van der Waals surface area contributed by atoms with E-state index in [1.54, 1.807) is 11.3 Å². The van der Waals surface area contributed by atoms with Crippen LogP contribution in [0.25, 0.3) is 0 Å². The third-order valence-corrected chi connectivity index (χ3v) is 3.70. The van der Waals surface area contributed by atoms with Gasteiger partial charge in [-0.2, -0.15) is 0 Å². The lowest BCUT2D eigenvalue weighted by molar-refractivity contribution is 0.268. The molecule has 0 atom stereocenters. The van der Waals surface area contributed by atoms with E-state index in [1.165, 1.54) is 0 Å². The van der Waals surface area contributed by atoms with Crippen LogP contribution in [-0.4, -0.2) is 18.1 Å². The normalized spacial score (nSPS) is 10.6. The second-order valence-electron chi connectivity index (χ2n) is 4.61. The van der Waals surface area contributed by atoms with Gasteiger partial charge in [-0.3, -0.25) is 4.98 Å². The summed E-state index contributed by atoms with van der Waals surface area (Å²) in [6.07, 6.45) is 2.95. The van der Waals surface area contributed by atoms with Gasteiger partial charge in [0.15, 0.2) is 11.5 Å². The van der Waals surface area contributed by atoms with Crippen molar-refractivity contribution in [2.24, 2.45) is 0 Å². The average Bonchev–Trinajstić information content (AvgIpc) is 3.00. The highest BCUT2D eigenvalue weighted by atomic mass is 32.1. The molecule has 1 N–H and O–H groups in total. The maximum absolute atomic E-state index is 6.00. The molecule has 0 amide bonds. The Morgan fingerprint density at radius 3 is 2.86 bits per heavy atom. The van der Waals surface area contributed by atoms with Crippen molar-refractivity contribution in [1.82, 2.24) is 10.3 Å². The third kappa shape index (κ3) is 4.72. The highest BCUT2D eigenvalue weighted by Gasteiger charge is 2.11. The predicted octanol–water partition coefficient (Wildman–Crippen LogP) is 3.62. The van der Waals surface area contributed by atoms with Crippen LogP contribution in [0.5, 0.6) is 11.5 Å². The Bertz CT molecular complexity index is 529. The molecule has 2 aromatic rings. The molecular formula is C16H22N2O2S. The highest BCUT2D eigenvalue weighted by molar-refractivity contribution is 7.09. The van der Waals surface area contributed by atoms with Crippen molar-refractivity contribution in [3.63, 3.8) is 0 Å². The molecule has 0 radical (unpaired) electrons. The molecular weight excluding hydrogens is 284 g/mol. The summed E-state index contributed by atoms with van der Waals surface area (Å²) in [5.41, 5.74) is 2.94. The van der Waals surface area contributed by atoms with Crippen LogP contribution < -0.4 is 14.8 Å². The van der Waals surface area contributed by atoms with Gasteiger partial charge in [0.05, 0.1) is 17.0 Å². The summed E-state index contributed by atoms with van der Waals surface area (Å²) in [5, 5.41) is 3.41. The van der Waals surface area contributed by atoms with Crippen molar-refractivity contribution in [3.8, 4) is 11.5 Å². The molecule has 1 aromatic heterocycles. The van der Waals surface area contributed by atoms with Gasteiger partial charge in [-0.15, -0.1) is 11.3 Å². The monoisotopic (exact) mass is 306 g/mol. The molecule has 0 unspecified atom stereocenters. The van der Waals surface area contributed by atoms with Crippen molar-refractivity contribution >= 4 is 11.3 Å². The van der Waals surface area contributed by atoms with E-state index < -0.39 is 0 Å². The first kappa shape index (κ1) is 15.8. The van der Waals surface area contributed by atoms with Crippen LogP contribution in [0.4, 0.5) is 0 Å². The van der Waals surface area contributed by atoms with E-state index >= 15 is 0 Å². The SMILES string of the molecule is CCCNCc1cccc(OCC)c1OCc1cncs1. The smallest absolute Gasteiger partial charge is 0.166 e. The van der Waals surface area contributed by atoms with E-state index in [2.05, 4.69) is 23.3 Å². The van der Waals surface area contributed by atoms with Crippen molar-refractivity contribution in [2.45, 2.75) is 33.4 Å². The molecule has 0 aliphatic heterocycles. The van der Waals surface area contributed by atoms with Gasteiger partial charge < -0.3 is 14.8 Å². The van der Waals surface area contributed by atoms with Crippen LogP contribution in [-0.2, 0) is 13.2 Å². The molecule has 1 heterocycles. The molecule has 2 rings (SSSR count). The molecule has 0 saturated carbocycles. The van der Waals surface area contributed by atoms with Gasteiger partial charge >= 0.3 is 0 Å². The summed E-state index contributed by atoms with van der Waals surface area (Å²) in [5.74, 6) is 1.63. The molecule has 5 heteroatoms. The first-order valence-corrected chi connectivity index (χ1v) is 8.18. The van der Waals surface area contributed by atoms with Gasteiger partial charge in [-0.25, -0.2) is 0 Å².